The van der Waals surface area contributed by atoms with Gasteiger partial charge in [-0.3, -0.25) is 15.0 Å². The minimum absolute atomic E-state index is 0.0569. The minimum Gasteiger partial charge on any atom is -0.378 e. The maximum Gasteiger partial charge on any atom is 0.268 e. The van der Waals surface area contributed by atoms with Crippen molar-refractivity contribution >= 4 is 34.1 Å². The van der Waals surface area contributed by atoms with Gasteiger partial charge >= 0.3 is 0 Å². The molecule has 32 heavy (non-hydrogen) atoms. The fourth-order valence-corrected chi connectivity index (χ4v) is 4.67. The van der Waals surface area contributed by atoms with E-state index in [1.807, 2.05) is 55.4 Å². The molecule has 2 aromatic carbocycles. The Morgan fingerprint density at radius 1 is 1.22 bits per heavy atom. The number of nitriles is 1. The Bertz CT molecular complexity index is 1160. The van der Waals surface area contributed by atoms with E-state index in [9.17, 15) is 10.1 Å². The smallest absolute Gasteiger partial charge is 0.268 e. The average molecular weight is 444 g/mol. The third-order valence-corrected chi connectivity index (χ3v) is 6.36. The first-order chi connectivity index (χ1) is 15.5. The standard InChI is InChI=1S/C25H25N5OS/c1-29(2)21-10-8-18(9-11-21)14-20(15-26)24(31)28-25-27-22-12-13-30(17-23(22)32-25)16-19-6-4-3-5-7-19/h3-11,14H,12-13,16-17H2,1-2H3,(H,27,28,31). The summed E-state index contributed by atoms with van der Waals surface area (Å²) in [6, 6.07) is 20.1. The number of nitrogens with zero attached hydrogens (tertiary/aromatic N) is 4. The minimum atomic E-state index is -0.434. The van der Waals surface area contributed by atoms with Gasteiger partial charge in [0.25, 0.3) is 5.91 Å². The molecule has 0 atom stereocenters. The van der Waals surface area contributed by atoms with Crippen LogP contribution in [0.15, 0.2) is 60.2 Å². The monoisotopic (exact) mass is 443 g/mol. The van der Waals surface area contributed by atoms with E-state index in [0.717, 1.165) is 43.0 Å². The number of hydrogen-bond donors (Lipinski definition) is 1. The summed E-state index contributed by atoms with van der Waals surface area (Å²) < 4.78 is 0. The van der Waals surface area contributed by atoms with Crippen LogP contribution in [-0.2, 0) is 24.3 Å². The first-order valence-electron chi connectivity index (χ1n) is 10.5. The molecule has 4 rings (SSSR count). The Labute approximate surface area is 192 Å². The van der Waals surface area contributed by atoms with Crippen molar-refractivity contribution < 1.29 is 4.79 Å². The molecule has 162 valence electrons. The largest absolute Gasteiger partial charge is 0.378 e. The van der Waals surface area contributed by atoms with Gasteiger partial charge in [0.15, 0.2) is 5.13 Å². The van der Waals surface area contributed by atoms with Crippen molar-refractivity contribution in [2.75, 3.05) is 30.9 Å². The van der Waals surface area contributed by atoms with Crippen molar-refractivity contribution in [1.29, 1.82) is 5.26 Å². The number of fused-ring (bicyclic) bond motifs is 1. The molecule has 3 aromatic rings. The highest BCUT2D eigenvalue weighted by Crippen LogP contribution is 2.29. The number of nitrogens with one attached hydrogen (secondary N) is 1. The van der Waals surface area contributed by atoms with E-state index in [1.54, 1.807) is 6.08 Å². The summed E-state index contributed by atoms with van der Waals surface area (Å²) in [7, 11) is 3.93. The zero-order valence-electron chi connectivity index (χ0n) is 18.2. The van der Waals surface area contributed by atoms with Gasteiger partial charge in [-0.1, -0.05) is 42.5 Å². The molecule has 1 aromatic heterocycles. The molecule has 6 nitrogen and oxygen atoms in total. The predicted octanol–water partition coefficient (Wildman–Crippen LogP) is 4.31. The number of hydrogen-bond acceptors (Lipinski definition) is 6. The lowest BCUT2D eigenvalue weighted by molar-refractivity contribution is -0.112. The second kappa shape index (κ2) is 9.77. The average Bonchev–Trinajstić information content (AvgIpc) is 3.19. The molecule has 0 aliphatic carbocycles. The summed E-state index contributed by atoms with van der Waals surface area (Å²) >= 11 is 1.49. The lowest BCUT2D eigenvalue weighted by Gasteiger charge is -2.25. The first-order valence-corrected chi connectivity index (χ1v) is 11.3. The highest BCUT2D eigenvalue weighted by molar-refractivity contribution is 7.15. The van der Waals surface area contributed by atoms with Gasteiger partial charge in [0.05, 0.1) is 5.69 Å². The van der Waals surface area contributed by atoms with E-state index in [2.05, 4.69) is 39.5 Å². The molecule has 1 aliphatic rings. The van der Waals surface area contributed by atoms with Gasteiger partial charge in [-0.25, -0.2) is 4.98 Å². The van der Waals surface area contributed by atoms with Crippen LogP contribution in [0, 0.1) is 11.3 Å². The lowest BCUT2D eigenvalue weighted by atomic mass is 10.1. The van der Waals surface area contributed by atoms with Gasteiger partial charge in [-0.15, -0.1) is 11.3 Å². The Morgan fingerprint density at radius 2 is 1.97 bits per heavy atom. The summed E-state index contributed by atoms with van der Waals surface area (Å²) in [5.74, 6) is -0.434. The normalized spacial score (nSPS) is 13.8. The summed E-state index contributed by atoms with van der Waals surface area (Å²) in [5.41, 5.74) is 4.24. The van der Waals surface area contributed by atoms with Crippen molar-refractivity contribution in [3.8, 4) is 6.07 Å². The Hall–Kier alpha value is -3.47. The highest BCUT2D eigenvalue weighted by Gasteiger charge is 2.22. The predicted molar refractivity (Wildman–Crippen MR) is 129 cm³/mol. The number of aromatic nitrogens is 1. The maximum absolute atomic E-state index is 12.7. The first kappa shape index (κ1) is 21.8. The molecule has 0 spiro atoms. The van der Waals surface area contributed by atoms with E-state index >= 15 is 0 Å². The molecule has 1 N–H and O–H groups in total. The number of rotatable bonds is 6. The van der Waals surface area contributed by atoms with Crippen LogP contribution in [0.1, 0.15) is 21.7 Å². The second-order valence-electron chi connectivity index (χ2n) is 7.95. The van der Waals surface area contributed by atoms with Crippen molar-refractivity contribution in [2.45, 2.75) is 19.5 Å². The molecular weight excluding hydrogens is 418 g/mol. The van der Waals surface area contributed by atoms with Crippen LogP contribution in [0.3, 0.4) is 0 Å². The van der Waals surface area contributed by atoms with Crippen LogP contribution in [-0.4, -0.2) is 36.4 Å². The fourth-order valence-electron chi connectivity index (χ4n) is 3.63. The second-order valence-corrected chi connectivity index (χ2v) is 9.03. The molecule has 1 aliphatic heterocycles. The van der Waals surface area contributed by atoms with Crippen LogP contribution >= 0.6 is 11.3 Å². The van der Waals surface area contributed by atoms with Crippen molar-refractivity contribution in [3.05, 3.63) is 81.9 Å². The Kier molecular flexibility index (Phi) is 6.64. The van der Waals surface area contributed by atoms with E-state index in [0.29, 0.717) is 5.13 Å². The number of carbonyl (C=O) groups is 1. The molecule has 0 unspecified atom stereocenters. The maximum atomic E-state index is 12.7. The summed E-state index contributed by atoms with van der Waals surface area (Å²) in [4.78, 5) is 22.8. The van der Waals surface area contributed by atoms with Crippen LogP contribution in [0.4, 0.5) is 10.8 Å². The lowest BCUT2D eigenvalue weighted by Crippen LogP contribution is -2.29. The quantitative estimate of drug-likeness (QED) is 0.454. The Morgan fingerprint density at radius 3 is 2.66 bits per heavy atom. The van der Waals surface area contributed by atoms with Gasteiger partial charge in [0.2, 0.25) is 0 Å². The summed E-state index contributed by atoms with van der Waals surface area (Å²) in [5, 5.41) is 12.9. The molecule has 0 radical (unpaired) electrons. The van der Waals surface area contributed by atoms with Crippen molar-refractivity contribution in [3.63, 3.8) is 0 Å². The molecule has 1 amide bonds. The molecule has 7 heteroatoms. The molecular formula is C25H25N5OS. The molecule has 0 fully saturated rings. The zero-order valence-corrected chi connectivity index (χ0v) is 19.0. The van der Waals surface area contributed by atoms with E-state index in [4.69, 9.17) is 0 Å². The van der Waals surface area contributed by atoms with Crippen LogP contribution < -0.4 is 10.2 Å². The van der Waals surface area contributed by atoms with Crippen LogP contribution in [0.25, 0.3) is 6.08 Å². The van der Waals surface area contributed by atoms with E-state index in [-0.39, 0.29) is 5.57 Å². The SMILES string of the molecule is CN(C)c1ccc(C=C(C#N)C(=O)Nc2nc3c(s2)CN(Cc2ccccc2)CC3)cc1. The van der Waals surface area contributed by atoms with Gasteiger partial charge in [0, 0.05) is 50.7 Å². The third-order valence-electron chi connectivity index (χ3n) is 5.37. The molecule has 0 saturated carbocycles. The fraction of sp³-hybridized carbons (Fsp3) is 0.240. The van der Waals surface area contributed by atoms with Crippen molar-refractivity contribution in [2.24, 2.45) is 0 Å². The number of anilines is 2. The number of carbonyl (C=O) groups excluding carboxylic acids is 1. The van der Waals surface area contributed by atoms with E-state index in [1.165, 1.54) is 21.8 Å². The van der Waals surface area contributed by atoms with Gasteiger partial charge in [-0.2, -0.15) is 5.26 Å². The van der Waals surface area contributed by atoms with Crippen molar-refractivity contribution in [1.82, 2.24) is 9.88 Å². The number of benzene rings is 2. The van der Waals surface area contributed by atoms with Gasteiger partial charge in [0.1, 0.15) is 11.6 Å². The third kappa shape index (κ3) is 5.22. The number of amides is 1. The zero-order chi connectivity index (χ0) is 22.5. The van der Waals surface area contributed by atoms with Gasteiger partial charge in [-0.05, 0) is 29.3 Å². The van der Waals surface area contributed by atoms with Crippen LogP contribution in [0.5, 0.6) is 0 Å². The molecule has 0 bridgehead atoms. The van der Waals surface area contributed by atoms with Gasteiger partial charge < -0.3 is 4.90 Å². The topological polar surface area (TPSA) is 72.3 Å². The van der Waals surface area contributed by atoms with E-state index < -0.39 is 5.91 Å². The summed E-state index contributed by atoms with van der Waals surface area (Å²) in [6.45, 7) is 2.65. The summed E-state index contributed by atoms with van der Waals surface area (Å²) in [6.07, 6.45) is 2.46. The number of thiazole rings is 1. The Balaban J connectivity index is 1.42. The molecule has 0 saturated heterocycles. The highest BCUT2D eigenvalue weighted by atomic mass is 32.1. The van der Waals surface area contributed by atoms with Crippen LogP contribution in [0.2, 0.25) is 0 Å². The molecule has 2 heterocycles.